The minimum absolute atomic E-state index is 0.0916. The SMILES string of the molecule is COC1CC(C)(C)CC(=O)C1=O. The fourth-order valence-electron chi connectivity index (χ4n) is 1.56. The fraction of sp³-hybridized carbons (Fsp3) is 0.778. The highest BCUT2D eigenvalue weighted by atomic mass is 16.5. The second-order valence-corrected chi connectivity index (χ2v) is 4.06. The van der Waals surface area contributed by atoms with E-state index >= 15 is 0 Å². The second-order valence-electron chi connectivity index (χ2n) is 4.06. The van der Waals surface area contributed by atoms with Crippen molar-refractivity contribution in [1.82, 2.24) is 0 Å². The lowest BCUT2D eigenvalue weighted by atomic mass is 9.75. The highest BCUT2D eigenvalue weighted by Gasteiger charge is 2.39. The van der Waals surface area contributed by atoms with Gasteiger partial charge in [-0.15, -0.1) is 0 Å². The van der Waals surface area contributed by atoms with Gasteiger partial charge in [0.1, 0.15) is 6.10 Å². The van der Waals surface area contributed by atoms with Crippen LogP contribution in [0.3, 0.4) is 0 Å². The Morgan fingerprint density at radius 1 is 1.42 bits per heavy atom. The average molecular weight is 170 g/mol. The number of carbonyl (C=O) groups excluding carboxylic acids is 2. The molecule has 1 unspecified atom stereocenters. The first-order chi connectivity index (χ1) is 5.46. The highest BCUT2D eigenvalue weighted by Crippen LogP contribution is 2.32. The van der Waals surface area contributed by atoms with Gasteiger partial charge in [0.05, 0.1) is 0 Å². The summed E-state index contributed by atoms with van der Waals surface area (Å²) in [6.07, 6.45) is 0.487. The Morgan fingerprint density at radius 3 is 2.50 bits per heavy atom. The minimum Gasteiger partial charge on any atom is -0.373 e. The molecule has 0 amide bonds. The number of carbonyl (C=O) groups is 2. The van der Waals surface area contributed by atoms with Gasteiger partial charge in [0.2, 0.25) is 11.6 Å². The van der Waals surface area contributed by atoms with Crippen LogP contribution in [0.5, 0.6) is 0 Å². The summed E-state index contributed by atoms with van der Waals surface area (Å²) in [5, 5.41) is 0. The number of ketones is 2. The highest BCUT2D eigenvalue weighted by molar-refractivity contribution is 6.39. The number of Topliss-reactive ketones (excluding diaryl/α,β-unsaturated/α-hetero) is 2. The molecule has 1 saturated carbocycles. The van der Waals surface area contributed by atoms with Crippen LogP contribution in [0, 0.1) is 5.41 Å². The van der Waals surface area contributed by atoms with Gasteiger partial charge in [-0.3, -0.25) is 9.59 Å². The maximum Gasteiger partial charge on any atom is 0.227 e. The standard InChI is InChI=1S/C9H14O3/c1-9(2)4-6(10)8(11)7(5-9)12-3/h7H,4-5H2,1-3H3. The van der Waals surface area contributed by atoms with Gasteiger partial charge in [0, 0.05) is 13.5 Å². The van der Waals surface area contributed by atoms with Crippen molar-refractivity contribution >= 4 is 11.6 Å². The largest absolute Gasteiger partial charge is 0.373 e. The first-order valence-electron chi connectivity index (χ1n) is 4.06. The molecule has 68 valence electrons. The van der Waals surface area contributed by atoms with Crippen LogP contribution in [0.1, 0.15) is 26.7 Å². The molecule has 0 heterocycles. The summed E-state index contributed by atoms with van der Waals surface area (Å²) in [6.45, 7) is 3.95. The minimum atomic E-state index is -0.513. The Hall–Kier alpha value is -0.700. The molecule has 1 atom stereocenters. The number of methoxy groups -OCH3 is 1. The van der Waals surface area contributed by atoms with Crippen LogP contribution in [-0.2, 0) is 14.3 Å². The summed E-state index contributed by atoms with van der Waals surface area (Å²) in [7, 11) is 1.47. The number of ether oxygens (including phenoxy) is 1. The van der Waals surface area contributed by atoms with E-state index in [1.54, 1.807) is 0 Å². The molecule has 1 fully saturated rings. The molecule has 0 aromatic carbocycles. The maximum absolute atomic E-state index is 11.2. The molecular weight excluding hydrogens is 156 g/mol. The van der Waals surface area contributed by atoms with E-state index in [1.807, 2.05) is 13.8 Å². The molecule has 12 heavy (non-hydrogen) atoms. The van der Waals surface area contributed by atoms with Gasteiger partial charge in [-0.25, -0.2) is 0 Å². The van der Waals surface area contributed by atoms with Crippen LogP contribution in [0.15, 0.2) is 0 Å². The molecule has 0 aliphatic heterocycles. The first kappa shape index (κ1) is 9.39. The number of hydrogen-bond acceptors (Lipinski definition) is 3. The van der Waals surface area contributed by atoms with Crippen molar-refractivity contribution in [2.24, 2.45) is 5.41 Å². The summed E-state index contributed by atoms with van der Waals surface area (Å²) in [4.78, 5) is 22.3. The van der Waals surface area contributed by atoms with E-state index in [0.717, 1.165) is 0 Å². The predicted molar refractivity (Wildman–Crippen MR) is 43.8 cm³/mol. The van der Waals surface area contributed by atoms with E-state index in [2.05, 4.69) is 0 Å². The Kier molecular flexibility index (Phi) is 2.33. The molecule has 0 spiro atoms. The van der Waals surface area contributed by atoms with Gasteiger partial charge in [-0.05, 0) is 11.8 Å². The Bertz CT molecular complexity index is 218. The van der Waals surface area contributed by atoms with Crippen LogP contribution < -0.4 is 0 Å². The van der Waals surface area contributed by atoms with E-state index < -0.39 is 6.10 Å². The molecule has 3 nitrogen and oxygen atoms in total. The van der Waals surface area contributed by atoms with Gasteiger partial charge < -0.3 is 4.74 Å². The van der Waals surface area contributed by atoms with Crippen molar-refractivity contribution in [1.29, 1.82) is 0 Å². The molecule has 0 radical (unpaired) electrons. The third-order valence-electron chi connectivity index (χ3n) is 2.23. The van der Waals surface area contributed by atoms with E-state index in [1.165, 1.54) is 7.11 Å². The monoisotopic (exact) mass is 170 g/mol. The zero-order valence-electron chi connectivity index (χ0n) is 7.72. The maximum atomic E-state index is 11.2. The molecule has 1 aliphatic carbocycles. The van der Waals surface area contributed by atoms with Crippen molar-refractivity contribution in [3.05, 3.63) is 0 Å². The van der Waals surface area contributed by atoms with Gasteiger partial charge in [0.15, 0.2) is 0 Å². The van der Waals surface area contributed by atoms with E-state index in [9.17, 15) is 9.59 Å². The van der Waals surface area contributed by atoms with Crippen LogP contribution in [0.25, 0.3) is 0 Å². The smallest absolute Gasteiger partial charge is 0.227 e. The third-order valence-corrected chi connectivity index (χ3v) is 2.23. The molecule has 0 N–H and O–H groups in total. The zero-order chi connectivity index (χ0) is 9.35. The van der Waals surface area contributed by atoms with Crippen molar-refractivity contribution < 1.29 is 14.3 Å². The zero-order valence-corrected chi connectivity index (χ0v) is 7.72. The molecule has 3 heteroatoms. The lowest BCUT2D eigenvalue weighted by Gasteiger charge is -2.32. The molecule has 0 aromatic heterocycles. The number of rotatable bonds is 1. The summed E-state index contributed by atoms with van der Waals surface area (Å²) >= 11 is 0. The quantitative estimate of drug-likeness (QED) is 0.550. The Balaban J connectivity index is 2.78. The molecule has 1 rings (SSSR count). The normalized spacial score (nSPS) is 29.1. The van der Waals surface area contributed by atoms with Gasteiger partial charge in [-0.1, -0.05) is 13.8 Å². The predicted octanol–water partition coefficient (Wildman–Crippen LogP) is 0.960. The van der Waals surface area contributed by atoms with Crippen LogP contribution in [-0.4, -0.2) is 24.8 Å². The van der Waals surface area contributed by atoms with Crippen LogP contribution >= 0.6 is 0 Å². The summed E-state index contributed by atoms with van der Waals surface area (Å²) in [6, 6.07) is 0. The summed E-state index contributed by atoms with van der Waals surface area (Å²) in [5.74, 6) is -0.657. The summed E-state index contributed by atoms with van der Waals surface area (Å²) < 4.78 is 4.94. The van der Waals surface area contributed by atoms with Crippen molar-refractivity contribution in [3.8, 4) is 0 Å². The van der Waals surface area contributed by atoms with Gasteiger partial charge >= 0.3 is 0 Å². The van der Waals surface area contributed by atoms with Crippen molar-refractivity contribution in [2.45, 2.75) is 32.8 Å². The fourth-order valence-corrected chi connectivity index (χ4v) is 1.56. The Labute approximate surface area is 72.1 Å². The van der Waals surface area contributed by atoms with Crippen LogP contribution in [0.2, 0.25) is 0 Å². The van der Waals surface area contributed by atoms with Crippen molar-refractivity contribution in [3.63, 3.8) is 0 Å². The van der Waals surface area contributed by atoms with E-state index in [4.69, 9.17) is 4.74 Å². The first-order valence-corrected chi connectivity index (χ1v) is 4.06. The molecular formula is C9H14O3. The average Bonchev–Trinajstić information content (AvgIpc) is 1.96. The lowest BCUT2D eigenvalue weighted by molar-refractivity contribution is -0.149. The Morgan fingerprint density at radius 2 is 2.00 bits per heavy atom. The molecule has 0 saturated heterocycles. The van der Waals surface area contributed by atoms with Gasteiger partial charge in [0.25, 0.3) is 0 Å². The van der Waals surface area contributed by atoms with Crippen molar-refractivity contribution in [2.75, 3.05) is 7.11 Å². The van der Waals surface area contributed by atoms with E-state index in [-0.39, 0.29) is 17.0 Å². The molecule has 0 bridgehead atoms. The summed E-state index contributed by atoms with van der Waals surface area (Å²) in [5.41, 5.74) is -0.0916. The number of hydrogen-bond donors (Lipinski definition) is 0. The topological polar surface area (TPSA) is 43.4 Å². The molecule has 0 aromatic rings. The second kappa shape index (κ2) is 2.98. The van der Waals surface area contributed by atoms with Gasteiger partial charge in [-0.2, -0.15) is 0 Å². The third kappa shape index (κ3) is 1.72. The lowest BCUT2D eigenvalue weighted by Crippen LogP contribution is -2.41. The van der Waals surface area contributed by atoms with E-state index in [0.29, 0.717) is 12.8 Å². The molecule has 1 aliphatic rings. The van der Waals surface area contributed by atoms with Crippen LogP contribution in [0.4, 0.5) is 0 Å².